The molecule has 0 saturated heterocycles. The van der Waals surface area contributed by atoms with Gasteiger partial charge in [-0.2, -0.15) is 0 Å². The van der Waals surface area contributed by atoms with Crippen LogP contribution in [-0.2, 0) is 13.0 Å². The van der Waals surface area contributed by atoms with Crippen LogP contribution in [0.25, 0.3) is 0 Å². The summed E-state index contributed by atoms with van der Waals surface area (Å²) in [7, 11) is 0. The first-order valence-corrected chi connectivity index (χ1v) is 7.03. The standard InChI is InChI=1S/C16H19N3O/c17-14-6-7-16(20)19(12-14)10-3-9-18-11-8-13-4-1-2-5-15(13)18/h1-2,4-7,12H,3,8-11,17H2. The van der Waals surface area contributed by atoms with Gasteiger partial charge in [-0.25, -0.2) is 0 Å². The molecule has 1 aliphatic rings. The Kier molecular flexibility index (Phi) is 3.46. The van der Waals surface area contributed by atoms with Gasteiger partial charge in [0.1, 0.15) is 0 Å². The number of aryl methyl sites for hydroxylation is 1. The Labute approximate surface area is 118 Å². The summed E-state index contributed by atoms with van der Waals surface area (Å²) >= 11 is 0. The van der Waals surface area contributed by atoms with Crippen LogP contribution in [0.3, 0.4) is 0 Å². The van der Waals surface area contributed by atoms with Crippen molar-refractivity contribution in [3.63, 3.8) is 0 Å². The molecule has 4 nitrogen and oxygen atoms in total. The third-order valence-electron chi connectivity index (χ3n) is 3.82. The summed E-state index contributed by atoms with van der Waals surface area (Å²) in [4.78, 5) is 14.1. The van der Waals surface area contributed by atoms with Gasteiger partial charge in [0.25, 0.3) is 5.56 Å². The van der Waals surface area contributed by atoms with Crippen LogP contribution in [-0.4, -0.2) is 17.7 Å². The van der Waals surface area contributed by atoms with Gasteiger partial charge in [0.15, 0.2) is 0 Å². The molecular weight excluding hydrogens is 250 g/mol. The minimum absolute atomic E-state index is 0.0148. The number of pyridine rings is 1. The molecule has 4 heteroatoms. The van der Waals surface area contributed by atoms with Crippen LogP contribution < -0.4 is 16.2 Å². The second kappa shape index (κ2) is 5.41. The van der Waals surface area contributed by atoms with Crippen molar-refractivity contribution in [1.82, 2.24) is 4.57 Å². The van der Waals surface area contributed by atoms with E-state index in [1.54, 1.807) is 16.8 Å². The van der Waals surface area contributed by atoms with Gasteiger partial charge >= 0.3 is 0 Å². The van der Waals surface area contributed by atoms with E-state index in [4.69, 9.17) is 5.73 Å². The van der Waals surface area contributed by atoms with Crippen molar-refractivity contribution in [3.8, 4) is 0 Å². The highest BCUT2D eigenvalue weighted by molar-refractivity contribution is 5.57. The summed E-state index contributed by atoms with van der Waals surface area (Å²) in [6.45, 7) is 2.76. The van der Waals surface area contributed by atoms with Gasteiger partial charge in [-0.3, -0.25) is 4.79 Å². The number of anilines is 2. The van der Waals surface area contributed by atoms with Gasteiger partial charge in [0.05, 0.1) is 0 Å². The number of nitrogen functional groups attached to an aromatic ring is 1. The molecule has 0 amide bonds. The molecule has 2 aromatic rings. The van der Waals surface area contributed by atoms with Crippen molar-refractivity contribution < 1.29 is 0 Å². The fraction of sp³-hybridized carbons (Fsp3) is 0.312. The third-order valence-corrected chi connectivity index (χ3v) is 3.82. The summed E-state index contributed by atoms with van der Waals surface area (Å²) in [5, 5.41) is 0. The highest BCUT2D eigenvalue weighted by atomic mass is 16.1. The summed E-state index contributed by atoms with van der Waals surface area (Å²) in [5.41, 5.74) is 9.13. The topological polar surface area (TPSA) is 51.3 Å². The maximum Gasteiger partial charge on any atom is 0.250 e. The van der Waals surface area contributed by atoms with E-state index in [0.717, 1.165) is 25.9 Å². The summed E-state index contributed by atoms with van der Waals surface area (Å²) in [5.74, 6) is 0. The van der Waals surface area contributed by atoms with E-state index < -0.39 is 0 Å². The number of nitrogens with zero attached hydrogens (tertiary/aromatic N) is 2. The average Bonchev–Trinajstić information content (AvgIpc) is 2.86. The normalized spacial score (nSPS) is 13.5. The average molecular weight is 269 g/mol. The fourth-order valence-corrected chi connectivity index (χ4v) is 2.80. The lowest BCUT2D eigenvalue weighted by Gasteiger charge is -2.19. The number of hydrogen-bond donors (Lipinski definition) is 1. The van der Waals surface area contributed by atoms with E-state index in [9.17, 15) is 4.79 Å². The Bertz CT molecular complexity index is 663. The smallest absolute Gasteiger partial charge is 0.250 e. The Balaban J connectivity index is 1.61. The molecule has 0 saturated carbocycles. The van der Waals surface area contributed by atoms with Gasteiger partial charge < -0.3 is 15.2 Å². The monoisotopic (exact) mass is 269 g/mol. The summed E-state index contributed by atoms with van der Waals surface area (Å²) < 4.78 is 1.69. The molecule has 1 aromatic carbocycles. The van der Waals surface area contributed by atoms with Crippen LogP contribution in [0, 0.1) is 0 Å². The lowest BCUT2D eigenvalue weighted by atomic mass is 10.2. The number of para-hydroxylation sites is 1. The Hall–Kier alpha value is -2.23. The van der Waals surface area contributed by atoms with Crippen molar-refractivity contribution in [2.45, 2.75) is 19.4 Å². The molecule has 0 atom stereocenters. The largest absolute Gasteiger partial charge is 0.398 e. The first-order chi connectivity index (χ1) is 9.74. The predicted octanol–water partition coefficient (Wildman–Crippen LogP) is 1.88. The van der Waals surface area contributed by atoms with Crippen LogP contribution in [0.1, 0.15) is 12.0 Å². The van der Waals surface area contributed by atoms with Crippen LogP contribution in [0.15, 0.2) is 47.4 Å². The molecule has 3 rings (SSSR count). The van der Waals surface area contributed by atoms with Crippen LogP contribution in [0.2, 0.25) is 0 Å². The van der Waals surface area contributed by atoms with Gasteiger partial charge in [0, 0.05) is 43.3 Å². The van der Waals surface area contributed by atoms with Gasteiger partial charge in [-0.05, 0) is 30.5 Å². The van der Waals surface area contributed by atoms with Crippen LogP contribution in [0.4, 0.5) is 11.4 Å². The molecule has 0 bridgehead atoms. The molecular formula is C16H19N3O. The highest BCUT2D eigenvalue weighted by Crippen LogP contribution is 2.27. The molecule has 0 fully saturated rings. The van der Waals surface area contributed by atoms with Crippen molar-refractivity contribution in [2.24, 2.45) is 0 Å². The lowest BCUT2D eigenvalue weighted by Crippen LogP contribution is -2.25. The number of benzene rings is 1. The zero-order chi connectivity index (χ0) is 13.9. The van der Waals surface area contributed by atoms with Gasteiger partial charge in [-0.15, -0.1) is 0 Å². The number of rotatable bonds is 4. The molecule has 2 heterocycles. The summed E-state index contributed by atoms with van der Waals surface area (Å²) in [6.07, 6.45) is 3.78. The highest BCUT2D eigenvalue weighted by Gasteiger charge is 2.17. The number of fused-ring (bicyclic) bond motifs is 1. The predicted molar refractivity (Wildman–Crippen MR) is 82.1 cm³/mol. The molecule has 1 aliphatic heterocycles. The molecule has 0 radical (unpaired) electrons. The first-order valence-electron chi connectivity index (χ1n) is 7.03. The van der Waals surface area contributed by atoms with E-state index in [-0.39, 0.29) is 5.56 Å². The number of nitrogens with two attached hydrogens (primary N) is 1. The third kappa shape index (κ3) is 2.54. The molecule has 0 unspecified atom stereocenters. The van der Waals surface area contributed by atoms with Gasteiger partial charge in [0.2, 0.25) is 0 Å². The molecule has 1 aromatic heterocycles. The van der Waals surface area contributed by atoms with E-state index in [1.807, 2.05) is 0 Å². The zero-order valence-electron chi connectivity index (χ0n) is 11.5. The zero-order valence-corrected chi connectivity index (χ0v) is 11.5. The Morgan fingerprint density at radius 1 is 1.10 bits per heavy atom. The van der Waals surface area contributed by atoms with E-state index >= 15 is 0 Å². The quantitative estimate of drug-likeness (QED) is 0.922. The van der Waals surface area contributed by atoms with E-state index in [2.05, 4.69) is 29.2 Å². The maximum absolute atomic E-state index is 11.7. The lowest BCUT2D eigenvalue weighted by molar-refractivity contribution is 0.613. The molecule has 20 heavy (non-hydrogen) atoms. The molecule has 2 N–H and O–H groups in total. The minimum Gasteiger partial charge on any atom is -0.398 e. The van der Waals surface area contributed by atoms with Crippen molar-refractivity contribution in [1.29, 1.82) is 0 Å². The van der Waals surface area contributed by atoms with Crippen molar-refractivity contribution in [3.05, 3.63) is 58.5 Å². The van der Waals surface area contributed by atoms with E-state index in [1.165, 1.54) is 17.3 Å². The molecule has 104 valence electrons. The number of aromatic nitrogens is 1. The van der Waals surface area contributed by atoms with Crippen molar-refractivity contribution >= 4 is 11.4 Å². The molecule has 0 aliphatic carbocycles. The second-order valence-electron chi connectivity index (χ2n) is 5.21. The molecule has 0 spiro atoms. The SMILES string of the molecule is Nc1ccc(=O)n(CCCN2CCc3ccccc32)c1. The van der Waals surface area contributed by atoms with E-state index in [0.29, 0.717) is 12.2 Å². The van der Waals surface area contributed by atoms with Crippen molar-refractivity contribution in [2.75, 3.05) is 23.7 Å². The van der Waals surface area contributed by atoms with Crippen LogP contribution in [0.5, 0.6) is 0 Å². The Morgan fingerprint density at radius 2 is 1.95 bits per heavy atom. The first kappa shape index (κ1) is 12.8. The fourth-order valence-electron chi connectivity index (χ4n) is 2.80. The maximum atomic E-state index is 11.7. The van der Waals surface area contributed by atoms with Gasteiger partial charge in [-0.1, -0.05) is 18.2 Å². The Morgan fingerprint density at radius 3 is 2.85 bits per heavy atom. The number of hydrogen-bond acceptors (Lipinski definition) is 3. The second-order valence-corrected chi connectivity index (χ2v) is 5.21. The van der Waals surface area contributed by atoms with Crippen LogP contribution >= 0.6 is 0 Å². The summed E-state index contributed by atoms with van der Waals surface area (Å²) in [6, 6.07) is 11.7. The minimum atomic E-state index is 0.0148.